The summed E-state index contributed by atoms with van der Waals surface area (Å²) in [5.41, 5.74) is 0.914. The molecule has 8 nitrogen and oxygen atoms in total. The van der Waals surface area contributed by atoms with E-state index in [2.05, 4.69) is 36.6 Å². The van der Waals surface area contributed by atoms with E-state index >= 15 is 0 Å². The molecule has 0 saturated carbocycles. The first-order valence-corrected chi connectivity index (χ1v) is 9.19. The molecule has 1 aliphatic heterocycles. The molecule has 3 aromatic rings. The zero-order chi connectivity index (χ0) is 20.2. The summed E-state index contributed by atoms with van der Waals surface area (Å²) < 4.78 is 13.2. The van der Waals surface area contributed by atoms with Crippen LogP contribution in [0.5, 0.6) is 0 Å². The number of benzene rings is 1. The number of halogens is 1. The molecular weight excluding hydrogens is 371 g/mol. The van der Waals surface area contributed by atoms with Gasteiger partial charge in [-0.05, 0) is 24.6 Å². The Morgan fingerprint density at radius 1 is 1.17 bits per heavy atom. The van der Waals surface area contributed by atoms with E-state index in [0.717, 1.165) is 5.56 Å². The van der Waals surface area contributed by atoms with Crippen LogP contribution in [0.4, 0.5) is 27.8 Å². The number of hydrogen-bond donors (Lipinski definition) is 2. The van der Waals surface area contributed by atoms with Crippen molar-refractivity contribution in [2.75, 3.05) is 28.6 Å². The maximum atomic E-state index is 13.2. The molecule has 4 rings (SSSR count). The van der Waals surface area contributed by atoms with Gasteiger partial charge in [0.15, 0.2) is 0 Å². The standard InChI is InChI=1S/C20H19FN8/c1-13(15-2-4-16(21)5-3-15)25-20-27-17(26-18-10-23-6-7-24-18)8-19(28-20)29-11-14(9-22)12-29/h2-8,10,13-14H,11-12H2,1H3,(H2,24,25,26,27,28). The van der Waals surface area contributed by atoms with Crippen molar-refractivity contribution >= 4 is 23.4 Å². The van der Waals surface area contributed by atoms with Gasteiger partial charge in [0.25, 0.3) is 0 Å². The van der Waals surface area contributed by atoms with Crippen LogP contribution in [0.2, 0.25) is 0 Å². The molecule has 1 aliphatic rings. The molecule has 1 unspecified atom stereocenters. The van der Waals surface area contributed by atoms with E-state index in [4.69, 9.17) is 5.26 Å². The second-order valence-electron chi connectivity index (χ2n) is 6.80. The number of nitrogens with zero attached hydrogens (tertiary/aromatic N) is 6. The fourth-order valence-corrected chi connectivity index (χ4v) is 3.00. The minimum atomic E-state index is -0.278. The SMILES string of the molecule is CC(Nc1nc(Nc2cnccn2)cc(N2CC(C#N)C2)n1)c1ccc(F)cc1. The van der Waals surface area contributed by atoms with Crippen LogP contribution in [0.15, 0.2) is 48.9 Å². The van der Waals surface area contributed by atoms with Crippen molar-refractivity contribution in [3.8, 4) is 6.07 Å². The van der Waals surface area contributed by atoms with Crippen molar-refractivity contribution in [1.82, 2.24) is 19.9 Å². The maximum absolute atomic E-state index is 13.2. The van der Waals surface area contributed by atoms with Crippen LogP contribution in [0, 0.1) is 23.1 Å². The van der Waals surface area contributed by atoms with Crippen LogP contribution in [0.3, 0.4) is 0 Å². The van der Waals surface area contributed by atoms with E-state index in [1.807, 2.05) is 17.9 Å². The third-order valence-electron chi connectivity index (χ3n) is 4.64. The number of hydrogen-bond acceptors (Lipinski definition) is 8. The van der Waals surface area contributed by atoms with Crippen LogP contribution in [0.25, 0.3) is 0 Å². The molecule has 146 valence electrons. The van der Waals surface area contributed by atoms with E-state index in [-0.39, 0.29) is 17.8 Å². The van der Waals surface area contributed by atoms with Crippen molar-refractivity contribution < 1.29 is 4.39 Å². The molecular formula is C20H19FN8. The summed E-state index contributed by atoms with van der Waals surface area (Å²) in [6.07, 6.45) is 4.79. The zero-order valence-electron chi connectivity index (χ0n) is 15.7. The Labute approximate surface area is 167 Å². The van der Waals surface area contributed by atoms with Crippen LogP contribution in [-0.4, -0.2) is 33.0 Å². The number of aromatic nitrogens is 4. The van der Waals surface area contributed by atoms with Gasteiger partial charge in [-0.3, -0.25) is 4.98 Å². The molecule has 0 aliphatic carbocycles. The topological polar surface area (TPSA) is 103 Å². The summed E-state index contributed by atoms with van der Waals surface area (Å²) in [4.78, 5) is 19.4. The highest BCUT2D eigenvalue weighted by Gasteiger charge is 2.28. The first kappa shape index (κ1) is 18.6. The van der Waals surface area contributed by atoms with Gasteiger partial charge in [0.05, 0.1) is 24.2 Å². The Morgan fingerprint density at radius 3 is 2.66 bits per heavy atom. The Balaban J connectivity index is 1.58. The molecule has 9 heteroatoms. The molecule has 0 spiro atoms. The smallest absolute Gasteiger partial charge is 0.227 e. The lowest BCUT2D eigenvalue weighted by molar-refractivity contribution is 0.499. The first-order chi connectivity index (χ1) is 14.1. The van der Waals surface area contributed by atoms with Gasteiger partial charge in [0.1, 0.15) is 23.3 Å². The van der Waals surface area contributed by atoms with Crippen molar-refractivity contribution in [2.24, 2.45) is 5.92 Å². The van der Waals surface area contributed by atoms with Crippen molar-refractivity contribution in [1.29, 1.82) is 5.26 Å². The van der Waals surface area contributed by atoms with Gasteiger partial charge in [-0.1, -0.05) is 12.1 Å². The minimum Gasteiger partial charge on any atom is -0.354 e. The summed E-state index contributed by atoms with van der Waals surface area (Å²) in [6.45, 7) is 3.21. The van der Waals surface area contributed by atoms with Crippen molar-refractivity contribution in [3.05, 3.63) is 60.3 Å². The highest BCUT2D eigenvalue weighted by Crippen LogP contribution is 2.27. The van der Waals surface area contributed by atoms with E-state index in [1.165, 1.54) is 12.1 Å². The zero-order valence-corrected chi connectivity index (χ0v) is 15.7. The summed E-state index contributed by atoms with van der Waals surface area (Å²) in [7, 11) is 0. The monoisotopic (exact) mass is 390 g/mol. The van der Waals surface area contributed by atoms with E-state index in [9.17, 15) is 4.39 Å². The van der Waals surface area contributed by atoms with Gasteiger partial charge in [-0.2, -0.15) is 15.2 Å². The summed E-state index contributed by atoms with van der Waals surface area (Å²) >= 11 is 0. The Kier molecular flexibility index (Phi) is 5.16. The second kappa shape index (κ2) is 8.06. The first-order valence-electron chi connectivity index (χ1n) is 9.19. The van der Waals surface area contributed by atoms with Gasteiger partial charge in [-0.15, -0.1) is 0 Å². The van der Waals surface area contributed by atoms with Crippen molar-refractivity contribution in [2.45, 2.75) is 13.0 Å². The van der Waals surface area contributed by atoms with Crippen LogP contribution in [-0.2, 0) is 0 Å². The fraction of sp³-hybridized carbons (Fsp3) is 0.250. The normalized spacial score (nSPS) is 14.6. The quantitative estimate of drug-likeness (QED) is 0.661. The van der Waals surface area contributed by atoms with E-state index < -0.39 is 0 Å². The van der Waals surface area contributed by atoms with Gasteiger partial charge in [0, 0.05) is 31.5 Å². The number of rotatable bonds is 6. The Bertz CT molecular complexity index is 1010. The molecule has 1 saturated heterocycles. The predicted molar refractivity (Wildman–Crippen MR) is 107 cm³/mol. The van der Waals surface area contributed by atoms with Gasteiger partial charge < -0.3 is 15.5 Å². The maximum Gasteiger partial charge on any atom is 0.227 e. The lowest BCUT2D eigenvalue weighted by atomic mass is 10.0. The van der Waals surface area contributed by atoms with Crippen LogP contribution in [0.1, 0.15) is 18.5 Å². The average molecular weight is 390 g/mol. The van der Waals surface area contributed by atoms with Gasteiger partial charge in [0.2, 0.25) is 5.95 Å². The van der Waals surface area contributed by atoms with E-state index in [0.29, 0.717) is 36.5 Å². The predicted octanol–water partition coefficient (Wildman–Crippen LogP) is 3.28. The highest BCUT2D eigenvalue weighted by molar-refractivity contribution is 5.60. The number of nitrogens with one attached hydrogen (secondary N) is 2. The summed E-state index contributed by atoms with van der Waals surface area (Å²) in [5, 5.41) is 15.4. The Hall–Kier alpha value is -3.80. The molecule has 3 heterocycles. The van der Waals surface area contributed by atoms with E-state index in [1.54, 1.807) is 30.7 Å². The lowest BCUT2D eigenvalue weighted by Crippen LogP contribution is -2.46. The minimum absolute atomic E-state index is 0.0101. The largest absolute Gasteiger partial charge is 0.354 e. The third kappa shape index (κ3) is 4.38. The van der Waals surface area contributed by atoms with Crippen molar-refractivity contribution in [3.63, 3.8) is 0 Å². The van der Waals surface area contributed by atoms with Crippen LogP contribution >= 0.6 is 0 Å². The molecule has 2 N–H and O–H groups in total. The fourth-order valence-electron chi connectivity index (χ4n) is 3.00. The second-order valence-corrected chi connectivity index (χ2v) is 6.80. The average Bonchev–Trinajstić information content (AvgIpc) is 2.68. The molecule has 0 radical (unpaired) electrons. The third-order valence-corrected chi connectivity index (χ3v) is 4.64. The molecule has 29 heavy (non-hydrogen) atoms. The molecule has 1 aromatic carbocycles. The molecule has 2 aromatic heterocycles. The van der Waals surface area contributed by atoms with Crippen LogP contribution < -0.4 is 15.5 Å². The molecule has 0 amide bonds. The lowest BCUT2D eigenvalue weighted by Gasteiger charge is -2.36. The number of anilines is 4. The highest BCUT2D eigenvalue weighted by atomic mass is 19.1. The summed E-state index contributed by atoms with van der Waals surface area (Å²) in [5.74, 6) is 1.99. The van der Waals surface area contributed by atoms with Gasteiger partial charge in [-0.25, -0.2) is 9.37 Å². The van der Waals surface area contributed by atoms with Gasteiger partial charge >= 0.3 is 0 Å². The number of nitriles is 1. The Morgan fingerprint density at radius 2 is 1.97 bits per heavy atom. The molecule has 1 fully saturated rings. The molecule has 0 bridgehead atoms. The summed E-state index contributed by atoms with van der Waals surface area (Å²) in [6, 6.07) is 10.3. The molecule has 1 atom stereocenters.